The summed E-state index contributed by atoms with van der Waals surface area (Å²) in [5.41, 5.74) is 2.11. The molecule has 1 N–H and O–H groups in total. The molecule has 6 nitrogen and oxygen atoms in total. The molecule has 3 rings (SSSR count). The molecule has 24 heavy (non-hydrogen) atoms. The predicted octanol–water partition coefficient (Wildman–Crippen LogP) is 2.35. The summed E-state index contributed by atoms with van der Waals surface area (Å²) in [5.74, 6) is -0.120. The average Bonchev–Trinajstić information content (AvgIpc) is 2.95. The van der Waals surface area contributed by atoms with Crippen molar-refractivity contribution in [2.75, 3.05) is 21.9 Å². The van der Waals surface area contributed by atoms with Crippen molar-refractivity contribution in [3.63, 3.8) is 0 Å². The van der Waals surface area contributed by atoms with Gasteiger partial charge in [-0.1, -0.05) is 0 Å². The van der Waals surface area contributed by atoms with Crippen LogP contribution in [0, 0.1) is 11.3 Å². The van der Waals surface area contributed by atoms with Gasteiger partial charge in [0.05, 0.1) is 23.1 Å². The highest BCUT2D eigenvalue weighted by atomic mass is 32.2. The first-order valence-corrected chi connectivity index (χ1v) is 9.02. The molecule has 1 heterocycles. The van der Waals surface area contributed by atoms with Crippen LogP contribution in [0.25, 0.3) is 0 Å². The van der Waals surface area contributed by atoms with Crippen molar-refractivity contribution in [2.45, 2.75) is 6.42 Å². The minimum atomic E-state index is -3.21. The monoisotopic (exact) mass is 341 g/mol. The number of benzene rings is 2. The Balaban J connectivity index is 1.72. The Hall–Kier alpha value is -2.85. The lowest BCUT2D eigenvalue weighted by Crippen LogP contribution is -2.24. The lowest BCUT2D eigenvalue weighted by molar-refractivity contribution is 0.102. The molecular weight excluding hydrogens is 326 g/mol. The maximum absolute atomic E-state index is 12.2. The minimum Gasteiger partial charge on any atom is -0.322 e. The molecule has 0 bridgehead atoms. The summed E-state index contributed by atoms with van der Waals surface area (Å²) < 4.78 is 25.2. The number of nitrogens with zero attached hydrogens (tertiary/aromatic N) is 2. The van der Waals surface area contributed by atoms with Gasteiger partial charge in [0.25, 0.3) is 5.91 Å². The van der Waals surface area contributed by atoms with E-state index in [0.29, 0.717) is 35.5 Å². The normalized spacial score (nSPS) is 15.7. The number of hydrogen-bond donors (Lipinski definition) is 1. The Morgan fingerprint density at radius 3 is 2.29 bits per heavy atom. The Morgan fingerprint density at radius 2 is 1.75 bits per heavy atom. The molecule has 2 aromatic carbocycles. The second-order valence-corrected chi connectivity index (χ2v) is 7.44. The van der Waals surface area contributed by atoms with E-state index in [0.717, 1.165) is 0 Å². The Morgan fingerprint density at radius 1 is 1.08 bits per heavy atom. The van der Waals surface area contributed by atoms with Crippen molar-refractivity contribution >= 4 is 27.3 Å². The van der Waals surface area contributed by atoms with Gasteiger partial charge in [0.2, 0.25) is 10.0 Å². The Kier molecular flexibility index (Phi) is 4.23. The van der Waals surface area contributed by atoms with Crippen LogP contribution in [0.2, 0.25) is 0 Å². The first kappa shape index (κ1) is 16.0. The highest BCUT2D eigenvalue weighted by Crippen LogP contribution is 2.25. The smallest absolute Gasteiger partial charge is 0.255 e. The summed E-state index contributed by atoms with van der Waals surface area (Å²) in [4.78, 5) is 12.2. The van der Waals surface area contributed by atoms with Gasteiger partial charge in [0.1, 0.15) is 0 Å². The molecule has 0 atom stereocenters. The van der Waals surface area contributed by atoms with Crippen molar-refractivity contribution < 1.29 is 13.2 Å². The third kappa shape index (κ3) is 3.24. The highest BCUT2D eigenvalue weighted by Gasteiger charge is 2.28. The fourth-order valence-electron chi connectivity index (χ4n) is 2.54. The largest absolute Gasteiger partial charge is 0.322 e. The lowest BCUT2D eigenvalue weighted by Gasteiger charge is -2.17. The number of carbonyl (C=O) groups excluding carboxylic acids is 1. The number of amides is 1. The summed E-state index contributed by atoms with van der Waals surface area (Å²) in [6.45, 7) is 0.485. The van der Waals surface area contributed by atoms with E-state index >= 15 is 0 Å². The highest BCUT2D eigenvalue weighted by molar-refractivity contribution is 7.93. The van der Waals surface area contributed by atoms with Crippen LogP contribution in [0.15, 0.2) is 48.5 Å². The van der Waals surface area contributed by atoms with Crippen LogP contribution in [0.3, 0.4) is 0 Å². The molecule has 0 aliphatic carbocycles. The van der Waals surface area contributed by atoms with Crippen molar-refractivity contribution in [2.24, 2.45) is 0 Å². The molecule has 1 saturated heterocycles. The Bertz CT molecular complexity index is 898. The molecule has 0 saturated carbocycles. The van der Waals surface area contributed by atoms with Crippen molar-refractivity contribution in [3.05, 3.63) is 59.7 Å². The summed E-state index contributed by atoms with van der Waals surface area (Å²) in [6.07, 6.45) is 0.625. The molecule has 0 aromatic heterocycles. The molecular formula is C17H15N3O3S. The quantitative estimate of drug-likeness (QED) is 0.928. The topological polar surface area (TPSA) is 90.3 Å². The third-order valence-corrected chi connectivity index (χ3v) is 5.66. The zero-order valence-corrected chi connectivity index (χ0v) is 13.6. The van der Waals surface area contributed by atoms with Crippen LogP contribution in [0.4, 0.5) is 11.4 Å². The molecule has 0 spiro atoms. The van der Waals surface area contributed by atoms with Gasteiger partial charge in [-0.2, -0.15) is 5.26 Å². The number of nitrogens with one attached hydrogen (secondary N) is 1. The first-order chi connectivity index (χ1) is 11.5. The molecule has 122 valence electrons. The zero-order chi connectivity index (χ0) is 17.2. The number of carbonyl (C=O) groups is 1. The van der Waals surface area contributed by atoms with E-state index in [-0.39, 0.29) is 11.7 Å². The number of nitriles is 1. The lowest BCUT2D eigenvalue weighted by atomic mass is 10.1. The van der Waals surface area contributed by atoms with E-state index in [4.69, 9.17) is 5.26 Å². The van der Waals surface area contributed by atoms with E-state index < -0.39 is 10.0 Å². The second-order valence-electron chi connectivity index (χ2n) is 5.43. The van der Waals surface area contributed by atoms with Gasteiger partial charge >= 0.3 is 0 Å². The Labute approximate surface area is 140 Å². The van der Waals surface area contributed by atoms with Crippen molar-refractivity contribution in [3.8, 4) is 6.07 Å². The molecule has 1 amide bonds. The number of hydrogen-bond acceptors (Lipinski definition) is 4. The maximum atomic E-state index is 12.2. The van der Waals surface area contributed by atoms with Crippen LogP contribution in [-0.2, 0) is 10.0 Å². The van der Waals surface area contributed by atoms with Gasteiger partial charge in [-0.15, -0.1) is 0 Å². The van der Waals surface area contributed by atoms with E-state index in [9.17, 15) is 13.2 Å². The zero-order valence-electron chi connectivity index (χ0n) is 12.8. The standard InChI is InChI=1S/C17H15N3O3S/c18-12-13-2-4-14(5-3-13)17(21)19-15-6-8-16(9-7-15)20-10-1-11-24(20,22)23/h2-9H,1,10-11H2,(H,19,21). The molecule has 0 unspecified atom stereocenters. The van der Waals surface area contributed by atoms with Crippen LogP contribution >= 0.6 is 0 Å². The third-order valence-electron chi connectivity index (χ3n) is 3.79. The summed E-state index contributed by atoms with van der Waals surface area (Å²) in [5, 5.41) is 11.5. The maximum Gasteiger partial charge on any atom is 0.255 e. The van der Waals surface area contributed by atoms with Gasteiger partial charge in [0, 0.05) is 17.8 Å². The van der Waals surface area contributed by atoms with Crippen molar-refractivity contribution in [1.29, 1.82) is 5.26 Å². The van der Waals surface area contributed by atoms with Gasteiger partial charge < -0.3 is 5.32 Å². The summed E-state index contributed by atoms with van der Waals surface area (Å²) >= 11 is 0. The van der Waals surface area contributed by atoms with Gasteiger partial charge in [-0.05, 0) is 55.0 Å². The molecule has 7 heteroatoms. The predicted molar refractivity (Wildman–Crippen MR) is 91.3 cm³/mol. The number of anilines is 2. The van der Waals surface area contributed by atoms with E-state index in [1.807, 2.05) is 6.07 Å². The van der Waals surface area contributed by atoms with Crippen molar-refractivity contribution in [1.82, 2.24) is 0 Å². The molecule has 1 fully saturated rings. The number of rotatable bonds is 3. The second kappa shape index (κ2) is 6.34. The van der Waals surface area contributed by atoms with Gasteiger partial charge in [-0.25, -0.2) is 8.42 Å². The van der Waals surface area contributed by atoms with E-state index in [1.54, 1.807) is 48.5 Å². The summed E-state index contributed by atoms with van der Waals surface area (Å²) in [7, 11) is -3.21. The van der Waals surface area contributed by atoms with Crippen LogP contribution in [0.5, 0.6) is 0 Å². The van der Waals surface area contributed by atoms with E-state index in [1.165, 1.54) is 4.31 Å². The van der Waals surface area contributed by atoms with Crippen LogP contribution in [-0.4, -0.2) is 26.6 Å². The molecule has 1 aliphatic rings. The summed E-state index contributed by atoms with van der Waals surface area (Å²) in [6, 6.07) is 15.0. The van der Waals surface area contributed by atoms with Crippen LogP contribution < -0.4 is 9.62 Å². The molecule has 1 aliphatic heterocycles. The fourth-order valence-corrected chi connectivity index (χ4v) is 4.10. The van der Waals surface area contributed by atoms with Gasteiger partial charge in [0.15, 0.2) is 0 Å². The SMILES string of the molecule is N#Cc1ccc(C(=O)Nc2ccc(N3CCCS3(=O)=O)cc2)cc1. The minimum absolute atomic E-state index is 0.171. The molecule has 0 radical (unpaired) electrons. The fraction of sp³-hybridized carbons (Fsp3) is 0.176. The first-order valence-electron chi connectivity index (χ1n) is 7.41. The molecule has 2 aromatic rings. The van der Waals surface area contributed by atoms with E-state index in [2.05, 4.69) is 5.32 Å². The average molecular weight is 341 g/mol. The van der Waals surface area contributed by atoms with Gasteiger partial charge in [-0.3, -0.25) is 9.10 Å². The van der Waals surface area contributed by atoms with Crippen LogP contribution in [0.1, 0.15) is 22.3 Å². The number of sulfonamides is 1.